The van der Waals surface area contributed by atoms with Gasteiger partial charge in [0.25, 0.3) is 5.91 Å². The molecular formula is C28H27NO8. The number of anilines is 1. The molecule has 0 fully saturated rings. The molecule has 1 N–H and O–H groups in total. The summed E-state index contributed by atoms with van der Waals surface area (Å²) in [6, 6.07) is 17.0. The molecule has 1 aliphatic rings. The van der Waals surface area contributed by atoms with E-state index in [1.165, 1.54) is 0 Å². The zero-order valence-corrected chi connectivity index (χ0v) is 20.2. The van der Waals surface area contributed by atoms with Gasteiger partial charge >= 0.3 is 0 Å². The number of carbonyl (C=O) groups is 1. The Bertz CT molecular complexity index is 1450. The lowest BCUT2D eigenvalue weighted by Crippen LogP contribution is -2.14. The van der Waals surface area contributed by atoms with Crippen molar-refractivity contribution >= 4 is 33.5 Å². The molecule has 0 saturated heterocycles. The highest BCUT2D eigenvalue weighted by atomic mass is 16.6. The predicted molar refractivity (Wildman–Crippen MR) is 138 cm³/mol. The minimum atomic E-state index is -0.418. The van der Waals surface area contributed by atoms with Crippen molar-refractivity contribution in [3.8, 4) is 11.5 Å². The summed E-state index contributed by atoms with van der Waals surface area (Å²) in [5.74, 6) is 0.567. The first kappa shape index (κ1) is 24.8. The quantitative estimate of drug-likeness (QED) is 0.408. The van der Waals surface area contributed by atoms with Gasteiger partial charge in [-0.1, -0.05) is 18.2 Å². The van der Waals surface area contributed by atoms with Gasteiger partial charge in [-0.15, -0.1) is 0 Å². The van der Waals surface area contributed by atoms with Crippen LogP contribution in [0.25, 0.3) is 21.9 Å². The van der Waals surface area contributed by atoms with E-state index in [2.05, 4.69) is 5.32 Å². The predicted octanol–water partition coefficient (Wildman–Crippen LogP) is 4.02. The van der Waals surface area contributed by atoms with E-state index in [0.29, 0.717) is 86.4 Å². The second-order valence-electron chi connectivity index (χ2n) is 8.26. The molecule has 5 rings (SSSR count). The van der Waals surface area contributed by atoms with Crippen LogP contribution in [-0.4, -0.2) is 58.8 Å². The molecule has 0 spiro atoms. The van der Waals surface area contributed by atoms with E-state index in [-0.39, 0.29) is 16.6 Å². The third-order valence-electron chi connectivity index (χ3n) is 5.76. The summed E-state index contributed by atoms with van der Waals surface area (Å²) in [5.41, 5.74) is 1.22. The number of fused-ring (bicyclic) bond motifs is 3. The molecule has 1 aliphatic heterocycles. The van der Waals surface area contributed by atoms with Crippen molar-refractivity contribution in [2.24, 2.45) is 0 Å². The Morgan fingerprint density at radius 3 is 2.08 bits per heavy atom. The van der Waals surface area contributed by atoms with Crippen molar-refractivity contribution in [2.45, 2.75) is 0 Å². The van der Waals surface area contributed by atoms with Gasteiger partial charge in [0.2, 0.25) is 5.43 Å². The molecule has 3 aromatic carbocycles. The maximum Gasteiger partial charge on any atom is 0.259 e. The Labute approximate surface area is 212 Å². The van der Waals surface area contributed by atoms with E-state index < -0.39 is 5.91 Å². The minimum absolute atomic E-state index is 0.184. The molecule has 1 aromatic heterocycles. The van der Waals surface area contributed by atoms with Gasteiger partial charge in [-0.3, -0.25) is 9.59 Å². The molecule has 192 valence electrons. The smallest absolute Gasteiger partial charge is 0.259 e. The Kier molecular flexibility index (Phi) is 7.95. The molecule has 4 aromatic rings. The van der Waals surface area contributed by atoms with Gasteiger partial charge in [0.1, 0.15) is 18.8 Å². The molecule has 0 bridgehead atoms. The number of nitrogens with one attached hydrogen (secondary N) is 1. The van der Waals surface area contributed by atoms with Gasteiger partial charge < -0.3 is 33.4 Å². The lowest BCUT2D eigenvalue weighted by Gasteiger charge is -2.15. The van der Waals surface area contributed by atoms with Crippen molar-refractivity contribution < 1.29 is 32.9 Å². The van der Waals surface area contributed by atoms with Crippen LogP contribution in [0.15, 0.2) is 69.9 Å². The SMILES string of the molecule is O=C(Nc1ccc2c(c1)OCCOCCOCCOCCO2)c1cccc2c(=O)c3ccccc3oc12. The Morgan fingerprint density at radius 1 is 0.676 bits per heavy atom. The van der Waals surface area contributed by atoms with Crippen molar-refractivity contribution in [2.75, 3.05) is 58.2 Å². The van der Waals surface area contributed by atoms with E-state index in [1.54, 1.807) is 60.7 Å². The molecule has 37 heavy (non-hydrogen) atoms. The first-order chi connectivity index (χ1) is 18.2. The molecule has 9 heteroatoms. The summed E-state index contributed by atoms with van der Waals surface area (Å²) < 4.78 is 34.1. The van der Waals surface area contributed by atoms with Crippen LogP contribution in [0, 0.1) is 0 Å². The zero-order chi connectivity index (χ0) is 25.5. The standard InChI is InChI=1S/C28H27NO8/c30-26-20-4-1-2-7-23(20)37-27-21(26)5-3-6-22(27)28(31)29-19-8-9-24-25(18-19)36-17-15-34-13-11-32-10-12-33-14-16-35-24/h1-9,18H,10-17H2,(H,29,31). The van der Waals surface area contributed by atoms with Crippen LogP contribution >= 0.6 is 0 Å². The average Bonchev–Trinajstić information content (AvgIpc) is 2.92. The number of para-hydroxylation sites is 2. The van der Waals surface area contributed by atoms with Gasteiger partial charge in [0.15, 0.2) is 17.1 Å². The van der Waals surface area contributed by atoms with Crippen LogP contribution in [0.5, 0.6) is 11.5 Å². The number of rotatable bonds is 2. The molecule has 9 nitrogen and oxygen atoms in total. The molecule has 0 aliphatic carbocycles. The van der Waals surface area contributed by atoms with Crippen LogP contribution in [0.2, 0.25) is 0 Å². The fraction of sp³-hybridized carbons (Fsp3) is 0.286. The summed E-state index contributed by atoms with van der Waals surface area (Å²) >= 11 is 0. The molecule has 2 heterocycles. The third-order valence-corrected chi connectivity index (χ3v) is 5.76. The Hall–Kier alpha value is -3.92. The monoisotopic (exact) mass is 505 g/mol. The number of benzene rings is 3. The average molecular weight is 506 g/mol. The number of hydrogen-bond donors (Lipinski definition) is 1. The van der Waals surface area contributed by atoms with Crippen molar-refractivity contribution in [1.29, 1.82) is 0 Å². The third kappa shape index (κ3) is 5.91. The maximum absolute atomic E-state index is 13.3. The zero-order valence-electron chi connectivity index (χ0n) is 20.2. The highest BCUT2D eigenvalue weighted by molar-refractivity contribution is 6.12. The molecule has 0 radical (unpaired) electrons. The highest BCUT2D eigenvalue weighted by Gasteiger charge is 2.17. The topological polar surface area (TPSA) is 105 Å². The second-order valence-corrected chi connectivity index (χ2v) is 8.26. The molecule has 0 unspecified atom stereocenters. The molecule has 0 saturated carbocycles. The molecular weight excluding hydrogens is 478 g/mol. The summed E-state index contributed by atoms with van der Waals surface area (Å²) in [6.07, 6.45) is 0. The number of carbonyl (C=O) groups excluding carboxylic acids is 1. The van der Waals surface area contributed by atoms with Gasteiger partial charge in [-0.05, 0) is 36.4 Å². The highest BCUT2D eigenvalue weighted by Crippen LogP contribution is 2.31. The van der Waals surface area contributed by atoms with E-state index in [0.717, 1.165) is 0 Å². The van der Waals surface area contributed by atoms with Crippen LogP contribution in [0.3, 0.4) is 0 Å². The lowest BCUT2D eigenvalue weighted by molar-refractivity contribution is 0.00708. The van der Waals surface area contributed by atoms with Gasteiger partial charge in [-0.25, -0.2) is 0 Å². The Morgan fingerprint density at radius 2 is 1.32 bits per heavy atom. The Balaban J connectivity index is 1.38. The fourth-order valence-corrected chi connectivity index (χ4v) is 3.98. The number of amides is 1. The van der Waals surface area contributed by atoms with E-state index in [4.69, 9.17) is 28.1 Å². The normalized spacial score (nSPS) is 15.6. The van der Waals surface area contributed by atoms with Crippen molar-refractivity contribution in [1.82, 2.24) is 0 Å². The first-order valence-corrected chi connectivity index (χ1v) is 12.1. The first-order valence-electron chi connectivity index (χ1n) is 12.1. The summed E-state index contributed by atoms with van der Waals surface area (Å²) in [7, 11) is 0. The van der Waals surface area contributed by atoms with Crippen LogP contribution in [-0.2, 0) is 14.2 Å². The van der Waals surface area contributed by atoms with Crippen LogP contribution < -0.4 is 20.2 Å². The molecule has 0 atom stereocenters. The number of ether oxygens (including phenoxy) is 5. The van der Waals surface area contributed by atoms with Crippen LogP contribution in [0.1, 0.15) is 10.4 Å². The van der Waals surface area contributed by atoms with E-state index in [9.17, 15) is 9.59 Å². The minimum Gasteiger partial charge on any atom is -0.487 e. The number of hydrogen-bond acceptors (Lipinski definition) is 8. The summed E-state index contributed by atoms with van der Waals surface area (Å²) in [6.45, 7) is 3.32. The van der Waals surface area contributed by atoms with Gasteiger partial charge in [0.05, 0.1) is 56.0 Å². The summed E-state index contributed by atoms with van der Waals surface area (Å²) in [5, 5.41) is 3.68. The van der Waals surface area contributed by atoms with Gasteiger partial charge in [0, 0.05) is 11.8 Å². The molecule has 1 amide bonds. The van der Waals surface area contributed by atoms with Gasteiger partial charge in [-0.2, -0.15) is 0 Å². The van der Waals surface area contributed by atoms with Crippen LogP contribution in [0.4, 0.5) is 5.69 Å². The maximum atomic E-state index is 13.3. The fourth-order valence-electron chi connectivity index (χ4n) is 3.98. The second kappa shape index (κ2) is 11.9. The summed E-state index contributed by atoms with van der Waals surface area (Å²) in [4.78, 5) is 26.2. The van der Waals surface area contributed by atoms with E-state index in [1.807, 2.05) is 0 Å². The van der Waals surface area contributed by atoms with Crippen molar-refractivity contribution in [3.05, 3.63) is 76.5 Å². The van der Waals surface area contributed by atoms with Crippen molar-refractivity contribution in [3.63, 3.8) is 0 Å². The lowest BCUT2D eigenvalue weighted by atomic mass is 10.1. The largest absolute Gasteiger partial charge is 0.487 e. The van der Waals surface area contributed by atoms with E-state index >= 15 is 0 Å².